The van der Waals surface area contributed by atoms with E-state index < -0.39 is 0 Å². The van der Waals surface area contributed by atoms with Crippen molar-refractivity contribution in [1.82, 2.24) is 4.90 Å². The number of hydrogen-bond donors (Lipinski definition) is 0. The molecule has 1 aromatic rings. The molecular weight excluding hydrogens is 432 g/mol. The number of rotatable bonds is 4. The monoisotopic (exact) mass is 452 g/mol. The van der Waals surface area contributed by atoms with Crippen LogP contribution in [0.1, 0.15) is 25.3 Å². The lowest BCUT2D eigenvalue weighted by molar-refractivity contribution is -0.149. The lowest BCUT2D eigenvalue weighted by atomic mass is 9.97. The van der Waals surface area contributed by atoms with Gasteiger partial charge in [-0.15, -0.1) is 0 Å². The summed E-state index contributed by atoms with van der Waals surface area (Å²) in [6.45, 7) is 3.60. The maximum absolute atomic E-state index is 12.3. The molecule has 0 aliphatic carbocycles. The Morgan fingerprint density at radius 2 is 2.15 bits per heavy atom. The number of piperidine rings is 1. The summed E-state index contributed by atoms with van der Waals surface area (Å²) in [5, 5.41) is 0.697. The molecule has 0 unspecified atom stereocenters. The highest BCUT2D eigenvalue weighted by Crippen LogP contribution is 2.34. The molecule has 6 nitrogen and oxygen atoms in total. The van der Waals surface area contributed by atoms with Gasteiger partial charge in [-0.3, -0.25) is 9.59 Å². The van der Waals surface area contributed by atoms with Crippen LogP contribution in [0.25, 0.3) is 6.08 Å². The number of thioether (sulfide) groups is 1. The smallest absolute Gasteiger partial charge is 0.309 e. The Morgan fingerprint density at radius 1 is 1.41 bits per heavy atom. The number of halogens is 1. The van der Waals surface area contributed by atoms with E-state index in [4.69, 9.17) is 9.47 Å². The molecule has 27 heavy (non-hydrogen) atoms. The number of carbonyl (C=O) groups excluding carboxylic acids is 2. The lowest BCUT2D eigenvalue weighted by Gasteiger charge is -2.31. The van der Waals surface area contributed by atoms with Gasteiger partial charge in [-0.25, -0.2) is 0 Å². The quantitative estimate of drug-likeness (QED) is 0.512. The number of amidine groups is 1. The Balaban J connectivity index is 1.67. The largest absolute Gasteiger partial charge is 0.496 e. The number of methoxy groups -OCH3 is 1. The topological polar surface area (TPSA) is 68.2 Å². The Labute approximate surface area is 171 Å². The molecule has 144 valence electrons. The number of amides is 1. The first kappa shape index (κ1) is 19.9. The van der Waals surface area contributed by atoms with Crippen molar-refractivity contribution in [3.05, 3.63) is 33.1 Å². The maximum atomic E-state index is 12.3. The molecule has 0 radical (unpaired) electrons. The van der Waals surface area contributed by atoms with Crippen molar-refractivity contribution < 1.29 is 19.1 Å². The second-order valence-electron chi connectivity index (χ2n) is 6.21. The number of hydrogen-bond acceptors (Lipinski definition) is 6. The highest BCUT2D eigenvalue weighted by atomic mass is 79.9. The Morgan fingerprint density at radius 3 is 2.81 bits per heavy atom. The third-order valence-electron chi connectivity index (χ3n) is 4.47. The van der Waals surface area contributed by atoms with Gasteiger partial charge >= 0.3 is 5.97 Å². The van der Waals surface area contributed by atoms with Crippen molar-refractivity contribution in [2.75, 3.05) is 26.8 Å². The summed E-state index contributed by atoms with van der Waals surface area (Å²) in [5.74, 6) is 0.258. The zero-order valence-corrected chi connectivity index (χ0v) is 17.6. The van der Waals surface area contributed by atoms with Gasteiger partial charge in [-0.1, -0.05) is 15.9 Å². The predicted molar refractivity (Wildman–Crippen MR) is 110 cm³/mol. The van der Waals surface area contributed by atoms with Crippen LogP contribution in [0.5, 0.6) is 5.75 Å². The minimum absolute atomic E-state index is 0.0650. The van der Waals surface area contributed by atoms with E-state index >= 15 is 0 Å². The number of nitrogens with zero attached hydrogens (tertiary/aromatic N) is 2. The van der Waals surface area contributed by atoms with Gasteiger partial charge in [0.1, 0.15) is 5.75 Å². The fourth-order valence-corrected chi connectivity index (χ4v) is 4.39. The molecule has 0 N–H and O–H groups in total. The van der Waals surface area contributed by atoms with Crippen LogP contribution < -0.4 is 4.74 Å². The fourth-order valence-electron chi connectivity index (χ4n) is 3.06. The molecule has 0 atom stereocenters. The Bertz CT molecular complexity index is 801. The van der Waals surface area contributed by atoms with Crippen molar-refractivity contribution in [2.24, 2.45) is 10.9 Å². The zero-order valence-electron chi connectivity index (χ0n) is 15.2. The van der Waals surface area contributed by atoms with Crippen LogP contribution in [0, 0.1) is 5.92 Å². The lowest BCUT2D eigenvalue weighted by Crippen LogP contribution is -2.39. The van der Waals surface area contributed by atoms with Crippen LogP contribution >= 0.6 is 27.7 Å². The van der Waals surface area contributed by atoms with Crippen LogP contribution in [-0.4, -0.2) is 48.8 Å². The Kier molecular flexibility index (Phi) is 6.59. The third-order valence-corrected chi connectivity index (χ3v) is 6.01. The average molecular weight is 453 g/mol. The molecule has 8 heteroatoms. The molecule has 0 aromatic heterocycles. The molecule has 1 fully saturated rings. The van der Waals surface area contributed by atoms with E-state index in [1.54, 1.807) is 13.2 Å². The molecule has 2 aliphatic rings. The summed E-state index contributed by atoms with van der Waals surface area (Å²) in [7, 11) is 1.60. The zero-order chi connectivity index (χ0) is 19.4. The molecule has 3 rings (SSSR count). The number of aliphatic imine (C=N–C) groups is 1. The van der Waals surface area contributed by atoms with E-state index in [0.717, 1.165) is 10.0 Å². The maximum Gasteiger partial charge on any atom is 0.309 e. The first-order valence-corrected chi connectivity index (χ1v) is 10.4. The van der Waals surface area contributed by atoms with Gasteiger partial charge in [0.2, 0.25) is 0 Å². The van der Waals surface area contributed by atoms with Gasteiger partial charge in [-0.05, 0) is 55.8 Å². The van der Waals surface area contributed by atoms with Gasteiger partial charge in [0.15, 0.2) is 5.17 Å². The molecule has 1 saturated heterocycles. The van der Waals surface area contributed by atoms with Gasteiger partial charge in [0, 0.05) is 23.1 Å². The molecule has 2 heterocycles. The second kappa shape index (κ2) is 8.93. The van der Waals surface area contributed by atoms with Gasteiger partial charge in [0.05, 0.1) is 24.5 Å². The van der Waals surface area contributed by atoms with E-state index in [-0.39, 0.29) is 17.8 Å². The second-order valence-corrected chi connectivity index (χ2v) is 8.13. The van der Waals surface area contributed by atoms with E-state index in [2.05, 4.69) is 25.8 Å². The van der Waals surface area contributed by atoms with E-state index in [1.165, 1.54) is 11.8 Å². The summed E-state index contributed by atoms with van der Waals surface area (Å²) < 4.78 is 11.4. The first-order valence-electron chi connectivity index (χ1n) is 8.79. The van der Waals surface area contributed by atoms with E-state index in [9.17, 15) is 9.59 Å². The molecule has 0 saturated carbocycles. The minimum Gasteiger partial charge on any atom is -0.496 e. The molecule has 1 aromatic carbocycles. The summed E-state index contributed by atoms with van der Waals surface area (Å²) in [6, 6.07) is 5.64. The average Bonchev–Trinajstić information content (AvgIpc) is 3.03. The van der Waals surface area contributed by atoms with Crippen LogP contribution in [0.15, 0.2) is 32.6 Å². The van der Waals surface area contributed by atoms with Gasteiger partial charge in [-0.2, -0.15) is 4.99 Å². The number of esters is 1. The molecule has 2 aliphatic heterocycles. The van der Waals surface area contributed by atoms with E-state index in [1.807, 2.05) is 25.1 Å². The van der Waals surface area contributed by atoms with Crippen LogP contribution in [0.2, 0.25) is 0 Å². The van der Waals surface area contributed by atoms with Crippen molar-refractivity contribution in [2.45, 2.75) is 19.8 Å². The van der Waals surface area contributed by atoms with Crippen molar-refractivity contribution in [3.63, 3.8) is 0 Å². The fraction of sp³-hybridized carbons (Fsp3) is 0.421. The highest BCUT2D eigenvalue weighted by molar-refractivity contribution is 9.10. The number of likely N-dealkylation sites (tertiary alicyclic amines) is 1. The number of benzene rings is 1. The molecule has 0 bridgehead atoms. The van der Waals surface area contributed by atoms with Gasteiger partial charge < -0.3 is 14.4 Å². The van der Waals surface area contributed by atoms with Crippen LogP contribution in [-0.2, 0) is 14.3 Å². The normalized spacial score (nSPS) is 19.4. The van der Waals surface area contributed by atoms with Crippen molar-refractivity contribution in [1.29, 1.82) is 0 Å². The van der Waals surface area contributed by atoms with Crippen molar-refractivity contribution in [3.8, 4) is 5.75 Å². The predicted octanol–water partition coefficient (Wildman–Crippen LogP) is 3.70. The van der Waals surface area contributed by atoms with Crippen LogP contribution in [0.4, 0.5) is 0 Å². The highest BCUT2D eigenvalue weighted by Gasteiger charge is 2.31. The SMILES string of the molecule is CCOC(=O)C1CCN(C2=NC(=O)/C(=C/c3cc(Br)ccc3OC)S2)CC1. The summed E-state index contributed by atoms with van der Waals surface area (Å²) in [4.78, 5) is 31.0. The molecular formula is C19H21BrN2O4S. The van der Waals surface area contributed by atoms with Gasteiger partial charge in [0.25, 0.3) is 5.91 Å². The third kappa shape index (κ3) is 4.73. The van der Waals surface area contributed by atoms with Crippen molar-refractivity contribution >= 4 is 50.8 Å². The summed E-state index contributed by atoms with van der Waals surface area (Å²) >= 11 is 4.81. The minimum atomic E-state index is -0.246. The summed E-state index contributed by atoms with van der Waals surface area (Å²) in [5.41, 5.74) is 0.820. The Hall–Kier alpha value is -1.80. The van der Waals surface area contributed by atoms with E-state index in [0.29, 0.717) is 48.4 Å². The first-order chi connectivity index (χ1) is 13.0. The summed E-state index contributed by atoms with van der Waals surface area (Å²) in [6.07, 6.45) is 3.23. The standard InChI is InChI=1S/C19H21BrN2O4S/c1-3-26-18(24)12-6-8-22(9-7-12)19-21-17(23)16(27-19)11-13-10-14(20)4-5-15(13)25-2/h4-5,10-12H,3,6-9H2,1-2H3/b16-11-. The molecule has 1 amide bonds. The number of carbonyl (C=O) groups is 2. The number of ether oxygens (including phenoxy) is 2. The van der Waals surface area contributed by atoms with Crippen LogP contribution in [0.3, 0.4) is 0 Å². The molecule has 0 spiro atoms.